The fourth-order valence-corrected chi connectivity index (χ4v) is 5.94. The summed E-state index contributed by atoms with van der Waals surface area (Å²) in [7, 11) is -2.11. The van der Waals surface area contributed by atoms with E-state index < -0.39 is 32.8 Å². The number of rotatable bonds is 9. The van der Waals surface area contributed by atoms with Crippen molar-refractivity contribution in [3.63, 3.8) is 0 Å². The molecule has 3 aliphatic rings. The number of H-pyrrole nitrogens is 1. The van der Waals surface area contributed by atoms with Gasteiger partial charge in [0.2, 0.25) is 21.4 Å². The number of amides is 2. The summed E-state index contributed by atoms with van der Waals surface area (Å²) < 4.78 is 38.1. The molecule has 0 radical (unpaired) electrons. The number of pyridine rings is 1. The summed E-state index contributed by atoms with van der Waals surface area (Å²) in [6, 6.07) is 6.90. The van der Waals surface area contributed by atoms with Gasteiger partial charge in [0.05, 0.1) is 29.9 Å². The molecule has 0 bridgehead atoms. The first kappa shape index (κ1) is 26.2. The number of carbonyl (C=O) groups is 2. The standard InChI is InChI=1S/C24H28N4O6S.ClH/c1-3-14-12-24(14,23(30)28-35(31,32)17-5-6-17)27-22(29)20-11-16(13-26-20)34-21-8-9-25-19-10-15(33-2)4-7-18(19)21;/h3-4,7-10,14,16-17,20,26H,1,5-6,11-13H2,2H3,(H,27,29)(H,28,30);1H/t14-,16-,20+,24-;/m1./s1. The molecule has 0 unspecified atom stereocenters. The van der Waals surface area contributed by atoms with Gasteiger partial charge in [0, 0.05) is 24.9 Å². The Labute approximate surface area is 215 Å². The van der Waals surface area contributed by atoms with Gasteiger partial charge in [-0.25, -0.2) is 13.4 Å². The molecule has 194 valence electrons. The number of benzene rings is 1. The minimum Gasteiger partial charge on any atom is -1.00 e. The minimum absolute atomic E-state index is 0. The van der Waals surface area contributed by atoms with Crippen molar-refractivity contribution < 1.29 is 44.9 Å². The molecule has 36 heavy (non-hydrogen) atoms. The topological polar surface area (TPSA) is 137 Å². The first-order valence-electron chi connectivity index (χ1n) is 11.6. The minimum atomic E-state index is -3.71. The Morgan fingerprint density at radius 3 is 2.72 bits per heavy atom. The van der Waals surface area contributed by atoms with E-state index in [2.05, 4.69) is 26.9 Å². The number of sulfonamides is 1. The Balaban J connectivity index is 0.00000304. The number of aromatic amines is 1. The number of hydrogen-bond acceptors (Lipinski definition) is 7. The maximum Gasteiger partial charge on any atom is 0.259 e. The quantitative estimate of drug-likeness (QED) is 0.300. The van der Waals surface area contributed by atoms with Gasteiger partial charge in [0.25, 0.3) is 5.91 Å². The number of ether oxygens (including phenoxy) is 2. The van der Waals surface area contributed by atoms with Gasteiger partial charge in [-0.05, 0) is 31.4 Å². The Morgan fingerprint density at radius 1 is 1.28 bits per heavy atom. The second-order valence-corrected chi connectivity index (χ2v) is 11.3. The van der Waals surface area contributed by atoms with E-state index in [1.54, 1.807) is 19.4 Å². The molecule has 2 heterocycles. The molecule has 10 nitrogen and oxygen atoms in total. The number of carbonyl (C=O) groups excluding carboxylic acids is 2. The van der Waals surface area contributed by atoms with Crippen LogP contribution >= 0.6 is 0 Å². The molecule has 2 aromatic rings. The van der Waals surface area contributed by atoms with Crippen LogP contribution in [0.1, 0.15) is 25.7 Å². The van der Waals surface area contributed by atoms with Crippen LogP contribution in [0.3, 0.4) is 0 Å². The average Bonchev–Trinajstić information content (AvgIpc) is 3.76. The van der Waals surface area contributed by atoms with Gasteiger partial charge in [0.15, 0.2) is 6.20 Å². The third-order valence-electron chi connectivity index (χ3n) is 6.92. The van der Waals surface area contributed by atoms with Crippen molar-refractivity contribution in [1.82, 2.24) is 15.4 Å². The highest BCUT2D eigenvalue weighted by atomic mass is 35.5. The van der Waals surface area contributed by atoms with Crippen LogP contribution in [0, 0.1) is 5.92 Å². The van der Waals surface area contributed by atoms with Gasteiger partial charge < -0.3 is 32.5 Å². The van der Waals surface area contributed by atoms with E-state index in [-0.39, 0.29) is 30.3 Å². The lowest BCUT2D eigenvalue weighted by atomic mass is 10.1. The normalized spacial score (nSPS) is 27.0. The molecular formula is C24H29ClN4O6S. The first-order chi connectivity index (χ1) is 16.8. The highest BCUT2D eigenvalue weighted by molar-refractivity contribution is 7.91. The van der Waals surface area contributed by atoms with Gasteiger partial charge in [0.1, 0.15) is 23.1 Å². The van der Waals surface area contributed by atoms with E-state index >= 15 is 0 Å². The second kappa shape index (κ2) is 9.87. The zero-order valence-corrected chi connectivity index (χ0v) is 21.3. The Hall–Kier alpha value is -2.89. The van der Waals surface area contributed by atoms with Crippen LogP contribution in [0.5, 0.6) is 11.5 Å². The predicted molar refractivity (Wildman–Crippen MR) is 127 cm³/mol. The van der Waals surface area contributed by atoms with E-state index in [1.165, 1.54) is 0 Å². The van der Waals surface area contributed by atoms with E-state index in [1.807, 2.05) is 24.3 Å². The molecule has 1 saturated heterocycles. The average molecular weight is 537 g/mol. The van der Waals surface area contributed by atoms with Crippen molar-refractivity contribution >= 4 is 32.7 Å². The summed E-state index contributed by atoms with van der Waals surface area (Å²) >= 11 is 0. The Bertz CT molecular complexity index is 1300. The molecule has 0 spiro atoms. The van der Waals surface area contributed by atoms with Gasteiger partial charge >= 0.3 is 0 Å². The van der Waals surface area contributed by atoms with Crippen LogP contribution in [-0.2, 0) is 19.6 Å². The monoisotopic (exact) mass is 536 g/mol. The smallest absolute Gasteiger partial charge is 0.259 e. The van der Waals surface area contributed by atoms with Crippen molar-refractivity contribution in [2.45, 2.75) is 48.6 Å². The van der Waals surface area contributed by atoms with Crippen LogP contribution in [-0.4, -0.2) is 56.8 Å². The summed E-state index contributed by atoms with van der Waals surface area (Å²) in [6.45, 7) is 4.17. The summed E-state index contributed by atoms with van der Waals surface area (Å²) in [4.78, 5) is 29.1. The van der Waals surface area contributed by atoms with Crippen molar-refractivity contribution in [3.05, 3.63) is 43.1 Å². The van der Waals surface area contributed by atoms with E-state index in [4.69, 9.17) is 9.47 Å². The van der Waals surface area contributed by atoms with E-state index in [0.717, 1.165) is 16.7 Å². The highest BCUT2D eigenvalue weighted by Crippen LogP contribution is 2.45. The molecule has 5 rings (SSSR count). The molecule has 3 fully saturated rings. The fraction of sp³-hybridized carbons (Fsp3) is 0.458. The second-order valence-electron chi connectivity index (χ2n) is 9.37. The Kier molecular flexibility index (Phi) is 7.18. The van der Waals surface area contributed by atoms with Gasteiger partial charge in [-0.3, -0.25) is 14.3 Å². The van der Waals surface area contributed by atoms with Gasteiger partial charge in [-0.1, -0.05) is 6.08 Å². The zero-order chi connectivity index (χ0) is 24.8. The molecule has 1 aromatic carbocycles. The summed E-state index contributed by atoms with van der Waals surface area (Å²) in [5.41, 5.74) is -0.424. The molecular weight excluding hydrogens is 508 g/mol. The molecule has 1 aliphatic heterocycles. The molecule has 2 amide bonds. The number of nitrogens with one attached hydrogen (secondary N) is 4. The number of halogens is 1. The largest absolute Gasteiger partial charge is 1.00 e. The molecule has 12 heteroatoms. The van der Waals surface area contributed by atoms with E-state index in [0.29, 0.717) is 38.0 Å². The molecule has 2 saturated carbocycles. The maximum atomic E-state index is 13.0. The molecule has 4 N–H and O–H groups in total. The van der Waals surface area contributed by atoms with Gasteiger partial charge in [-0.2, -0.15) is 0 Å². The fourth-order valence-electron chi connectivity index (χ4n) is 4.58. The first-order valence-corrected chi connectivity index (χ1v) is 13.2. The molecule has 1 aromatic heterocycles. The summed E-state index contributed by atoms with van der Waals surface area (Å²) in [5, 5.41) is 6.31. The van der Waals surface area contributed by atoms with Crippen molar-refractivity contribution in [2.75, 3.05) is 13.7 Å². The van der Waals surface area contributed by atoms with Gasteiger partial charge in [-0.15, -0.1) is 6.58 Å². The zero-order valence-electron chi connectivity index (χ0n) is 19.8. The third-order valence-corrected chi connectivity index (χ3v) is 8.73. The van der Waals surface area contributed by atoms with Crippen molar-refractivity contribution in [2.24, 2.45) is 5.92 Å². The van der Waals surface area contributed by atoms with Crippen molar-refractivity contribution in [3.8, 4) is 11.5 Å². The summed E-state index contributed by atoms with van der Waals surface area (Å²) in [6.07, 6.45) is 4.91. The van der Waals surface area contributed by atoms with Crippen LogP contribution < -0.4 is 42.2 Å². The lowest BCUT2D eigenvalue weighted by molar-refractivity contribution is -0.344. The van der Waals surface area contributed by atoms with E-state index in [9.17, 15) is 18.0 Å². The Morgan fingerprint density at radius 2 is 2.06 bits per heavy atom. The number of methoxy groups -OCH3 is 1. The third kappa shape index (κ3) is 5.00. The lowest BCUT2D eigenvalue weighted by Gasteiger charge is -2.21. The van der Waals surface area contributed by atoms with Crippen molar-refractivity contribution in [1.29, 1.82) is 0 Å². The SMILES string of the molecule is C=C[C@@H]1C[C@]1(NC(=O)[C@@H]1C[C@@H](Oc2cc[nH+]c3cc(OC)ccc23)CN1)C(=O)NS(=O)(=O)C1CC1.[Cl-]. The van der Waals surface area contributed by atoms with Crippen LogP contribution in [0.2, 0.25) is 0 Å². The summed E-state index contributed by atoms with van der Waals surface area (Å²) in [5.74, 6) is 0.0276. The maximum absolute atomic E-state index is 13.0. The highest BCUT2D eigenvalue weighted by Gasteiger charge is 2.61. The number of aromatic nitrogens is 1. The lowest BCUT2D eigenvalue weighted by Crippen LogP contribution is -3.00. The van der Waals surface area contributed by atoms with Crippen LogP contribution in [0.15, 0.2) is 43.1 Å². The number of hydrogen-bond donors (Lipinski definition) is 3. The molecule has 4 atom stereocenters. The van der Waals surface area contributed by atoms with Crippen LogP contribution in [0.25, 0.3) is 10.9 Å². The van der Waals surface area contributed by atoms with Crippen LogP contribution in [0.4, 0.5) is 0 Å². The predicted octanol–water partition coefficient (Wildman–Crippen LogP) is -2.55. The molecule has 2 aliphatic carbocycles. The number of fused-ring (bicyclic) bond motifs is 1.